The van der Waals surface area contributed by atoms with Crippen LogP contribution in [0.2, 0.25) is 0 Å². The van der Waals surface area contributed by atoms with Crippen LogP contribution in [0, 0.1) is 10.1 Å². The van der Waals surface area contributed by atoms with E-state index in [1.807, 2.05) is 36.4 Å². The highest BCUT2D eigenvalue weighted by atomic mass is 79.9. The van der Waals surface area contributed by atoms with Gasteiger partial charge in [0, 0.05) is 22.3 Å². The predicted molar refractivity (Wildman–Crippen MR) is 95.0 cm³/mol. The lowest BCUT2D eigenvalue weighted by molar-refractivity contribution is -0.384. The van der Waals surface area contributed by atoms with Crippen LogP contribution >= 0.6 is 15.9 Å². The number of carboxylic acids is 1. The highest BCUT2D eigenvalue weighted by Crippen LogP contribution is 2.31. The molecule has 2 N–H and O–H groups in total. The van der Waals surface area contributed by atoms with Crippen molar-refractivity contribution >= 4 is 49.7 Å². The molecule has 6 nitrogen and oxygen atoms in total. The Bertz CT molecular complexity index is 972. The number of fused-ring (bicyclic) bond motifs is 1. The van der Waals surface area contributed by atoms with Crippen molar-refractivity contribution in [3.8, 4) is 0 Å². The third kappa shape index (κ3) is 3.07. The van der Waals surface area contributed by atoms with E-state index >= 15 is 0 Å². The lowest BCUT2D eigenvalue weighted by Gasteiger charge is -2.11. The normalized spacial score (nSPS) is 10.5. The summed E-state index contributed by atoms with van der Waals surface area (Å²) in [5.74, 6) is -1.24. The quantitative estimate of drug-likeness (QED) is 0.488. The number of hydrogen-bond donors (Lipinski definition) is 2. The van der Waals surface area contributed by atoms with Crippen LogP contribution in [0.5, 0.6) is 0 Å². The van der Waals surface area contributed by atoms with Gasteiger partial charge in [-0.25, -0.2) is 4.79 Å². The second-order valence-electron chi connectivity index (χ2n) is 5.10. The Morgan fingerprint density at radius 3 is 2.58 bits per heavy atom. The number of nitro groups is 1. The maximum atomic E-state index is 11.4. The van der Waals surface area contributed by atoms with Crippen LogP contribution in [0.25, 0.3) is 10.8 Å². The molecule has 0 unspecified atom stereocenters. The summed E-state index contributed by atoms with van der Waals surface area (Å²) in [6, 6.07) is 15.2. The lowest BCUT2D eigenvalue weighted by Crippen LogP contribution is -2.04. The predicted octanol–water partition coefficient (Wildman–Crippen LogP) is 4.95. The number of benzene rings is 3. The van der Waals surface area contributed by atoms with Gasteiger partial charge in [-0.1, -0.05) is 40.2 Å². The summed E-state index contributed by atoms with van der Waals surface area (Å²) < 4.78 is 0.863. The van der Waals surface area contributed by atoms with E-state index in [9.17, 15) is 20.0 Å². The second-order valence-corrected chi connectivity index (χ2v) is 5.95. The third-order valence-corrected chi connectivity index (χ3v) is 4.19. The number of anilines is 2. The molecule has 0 bridgehead atoms. The number of nitro benzene ring substituents is 1. The number of nitrogens with one attached hydrogen (secondary N) is 1. The van der Waals surface area contributed by atoms with Crippen molar-refractivity contribution < 1.29 is 14.8 Å². The number of nitrogens with zero attached hydrogens (tertiary/aromatic N) is 1. The van der Waals surface area contributed by atoms with Crippen LogP contribution in [0.3, 0.4) is 0 Å². The van der Waals surface area contributed by atoms with E-state index in [1.165, 1.54) is 12.1 Å². The standard InChI is InChI=1S/C17H11BrN2O4/c18-15-8-11(7-10-3-1-2-4-13(10)15)19-16-6-5-12(20(23)24)9-14(16)17(21)22/h1-9,19H,(H,21,22). The van der Waals surface area contributed by atoms with Crippen molar-refractivity contribution in [3.05, 3.63) is 74.7 Å². The van der Waals surface area contributed by atoms with Crippen molar-refractivity contribution in [2.45, 2.75) is 0 Å². The van der Waals surface area contributed by atoms with Crippen LogP contribution < -0.4 is 5.32 Å². The topological polar surface area (TPSA) is 92.5 Å². The smallest absolute Gasteiger partial charge is 0.338 e. The van der Waals surface area contributed by atoms with E-state index in [4.69, 9.17) is 0 Å². The second kappa shape index (κ2) is 6.29. The summed E-state index contributed by atoms with van der Waals surface area (Å²) in [6.45, 7) is 0. The number of carboxylic acid groups (broad SMARTS) is 1. The Morgan fingerprint density at radius 1 is 1.12 bits per heavy atom. The molecule has 0 saturated carbocycles. The van der Waals surface area contributed by atoms with Crippen LogP contribution in [0.4, 0.5) is 17.1 Å². The van der Waals surface area contributed by atoms with E-state index in [1.54, 1.807) is 0 Å². The van der Waals surface area contributed by atoms with Gasteiger partial charge in [0.15, 0.2) is 0 Å². The summed E-state index contributed by atoms with van der Waals surface area (Å²) >= 11 is 3.49. The number of non-ortho nitro benzene ring substituents is 1. The van der Waals surface area contributed by atoms with Crippen molar-refractivity contribution in [3.63, 3.8) is 0 Å². The maximum absolute atomic E-state index is 11.4. The summed E-state index contributed by atoms with van der Waals surface area (Å²) in [5.41, 5.74) is 0.540. The third-order valence-electron chi connectivity index (χ3n) is 3.53. The average Bonchev–Trinajstić information content (AvgIpc) is 2.55. The zero-order valence-corrected chi connectivity index (χ0v) is 13.8. The number of halogens is 1. The monoisotopic (exact) mass is 386 g/mol. The van der Waals surface area contributed by atoms with Gasteiger partial charge in [0.25, 0.3) is 5.69 Å². The van der Waals surface area contributed by atoms with E-state index < -0.39 is 10.9 Å². The molecule has 3 rings (SSSR count). The molecule has 0 radical (unpaired) electrons. The first-order chi connectivity index (χ1) is 11.5. The zero-order chi connectivity index (χ0) is 17.3. The molecular weight excluding hydrogens is 376 g/mol. The van der Waals surface area contributed by atoms with Gasteiger partial charge >= 0.3 is 5.97 Å². The highest BCUT2D eigenvalue weighted by Gasteiger charge is 2.16. The largest absolute Gasteiger partial charge is 0.478 e. The fraction of sp³-hybridized carbons (Fsp3) is 0. The molecular formula is C17H11BrN2O4. The van der Waals surface area contributed by atoms with Gasteiger partial charge in [0.05, 0.1) is 16.2 Å². The minimum absolute atomic E-state index is 0.159. The van der Waals surface area contributed by atoms with Gasteiger partial charge in [-0.15, -0.1) is 0 Å². The van der Waals surface area contributed by atoms with E-state index in [0.29, 0.717) is 5.69 Å². The minimum atomic E-state index is -1.24. The fourth-order valence-corrected chi connectivity index (χ4v) is 3.03. The highest BCUT2D eigenvalue weighted by molar-refractivity contribution is 9.10. The molecule has 0 fully saturated rings. The van der Waals surface area contributed by atoms with Crippen molar-refractivity contribution in [1.29, 1.82) is 0 Å². The first-order valence-electron chi connectivity index (χ1n) is 6.93. The number of aromatic carboxylic acids is 1. The maximum Gasteiger partial charge on any atom is 0.338 e. The van der Waals surface area contributed by atoms with E-state index in [2.05, 4.69) is 21.2 Å². The van der Waals surface area contributed by atoms with Gasteiger partial charge in [0.1, 0.15) is 0 Å². The Kier molecular flexibility index (Phi) is 4.18. The van der Waals surface area contributed by atoms with Crippen molar-refractivity contribution in [2.24, 2.45) is 0 Å². The van der Waals surface area contributed by atoms with Crippen molar-refractivity contribution in [1.82, 2.24) is 0 Å². The number of carbonyl (C=O) groups is 1. The molecule has 0 heterocycles. The van der Waals surface area contributed by atoms with Gasteiger partial charge < -0.3 is 10.4 Å². The molecule has 0 saturated heterocycles. The molecule has 3 aromatic rings. The summed E-state index contributed by atoms with van der Waals surface area (Å²) in [4.78, 5) is 21.6. The molecule has 120 valence electrons. The van der Waals surface area contributed by atoms with E-state index in [0.717, 1.165) is 21.3 Å². The van der Waals surface area contributed by atoms with Gasteiger partial charge in [0.2, 0.25) is 0 Å². The average molecular weight is 387 g/mol. The first-order valence-corrected chi connectivity index (χ1v) is 7.72. The fourth-order valence-electron chi connectivity index (χ4n) is 2.42. The molecule has 0 aliphatic rings. The zero-order valence-electron chi connectivity index (χ0n) is 12.2. The lowest BCUT2D eigenvalue weighted by atomic mass is 10.1. The molecule has 24 heavy (non-hydrogen) atoms. The molecule has 0 spiro atoms. The summed E-state index contributed by atoms with van der Waals surface area (Å²) in [7, 11) is 0. The first kappa shape index (κ1) is 15.9. The molecule has 0 aliphatic carbocycles. The molecule has 0 amide bonds. The van der Waals surface area contributed by atoms with Crippen LogP contribution in [-0.4, -0.2) is 16.0 Å². The van der Waals surface area contributed by atoms with Crippen LogP contribution in [0.15, 0.2) is 59.1 Å². The Balaban J connectivity index is 2.05. The summed E-state index contributed by atoms with van der Waals surface area (Å²) in [6.07, 6.45) is 0. The van der Waals surface area contributed by atoms with E-state index in [-0.39, 0.29) is 16.9 Å². The minimum Gasteiger partial charge on any atom is -0.478 e. The number of rotatable bonds is 4. The van der Waals surface area contributed by atoms with Gasteiger partial charge in [-0.05, 0) is 29.0 Å². The SMILES string of the molecule is O=C(O)c1cc([N+](=O)[O-])ccc1Nc1cc(Br)c2ccccc2c1. The van der Waals surface area contributed by atoms with Gasteiger partial charge in [-0.2, -0.15) is 0 Å². The Hall–Kier alpha value is -2.93. The molecule has 0 aliphatic heterocycles. The van der Waals surface area contributed by atoms with Crippen molar-refractivity contribution in [2.75, 3.05) is 5.32 Å². The Morgan fingerprint density at radius 2 is 1.88 bits per heavy atom. The van der Waals surface area contributed by atoms with Gasteiger partial charge in [-0.3, -0.25) is 10.1 Å². The Labute approximate surface area is 145 Å². The molecule has 3 aromatic carbocycles. The summed E-state index contributed by atoms with van der Waals surface area (Å²) in [5, 5.41) is 25.2. The van der Waals surface area contributed by atoms with Crippen LogP contribution in [-0.2, 0) is 0 Å². The van der Waals surface area contributed by atoms with Crippen LogP contribution in [0.1, 0.15) is 10.4 Å². The molecule has 0 aromatic heterocycles. The molecule has 0 atom stereocenters. The number of hydrogen-bond acceptors (Lipinski definition) is 4. The molecule has 7 heteroatoms.